The summed E-state index contributed by atoms with van der Waals surface area (Å²) >= 11 is 0. The molecule has 0 amide bonds. The standard InChI is InChI=1S/3C18H15P.CH2O/c3*1-4-10-16(11-5-1)19(17-12-6-2-7-13-17)18-14-8-3-9-15-18;1-2/h3*1-15H;1H2. The molecule has 9 rings (SSSR count). The number of rotatable bonds is 9. The molecule has 0 radical (unpaired) electrons. The highest BCUT2D eigenvalue weighted by Crippen LogP contribution is 2.34. The van der Waals surface area contributed by atoms with E-state index in [1.165, 1.54) is 47.7 Å². The molecule has 9 aromatic carbocycles. The third kappa shape index (κ3) is 12.5. The average molecular weight is 817 g/mol. The lowest BCUT2D eigenvalue weighted by molar-refractivity contribution is -0.0980. The van der Waals surface area contributed by atoms with Crippen LogP contribution in [0.3, 0.4) is 0 Å². The molecular weight excluding hydrogens is 770 g/mol. The number of carbonyl (C=O) groups is 1. The van der Waals surface area contributed by atoms with E-state index >= 15 is 0 Å². The first-order valence-electron chi connectivity index (χ1n) is 19.5. The van der Waals surface area contributed by atoms with Crippen molar-refractivity contribution in [2.45, 2.75) is 0 Å². The molecule has 0 saturated carbocycles. The summed E-state index contributed by atoms with van der Waals surface area (Å²) < 4.78 is 0. The highest BCUT2D eigenvalue weighted by atomic mass is 31.1. The minimum absolute atomic E-state index is 0.446. The largest absolute Gasteiger partial charge is 0.307 e. The second kappa shape index (κ2) is 24.0. The summed E-state index contributed by atoms with van der Waals surface area (Å²) in [4.78, 5) is 8.00. The summed E-state index contributed by atoms with van der Waals surface area (Å²) in [7, 11) is -1.34. The minimum atomic E-state index is -0.446. The van der Waals surface area contributed by atoms with E-state index in [2.05, 4.69) is 273 Å². The van der Waals surface area contributed by atoms with Crippen LogP contribution in [0.2, 0.25) is 0 Å². The van der Waals surface area contributed by atoms with Crippen LogP contribution in [0.1, 0.15) is 0 Å². The highest BCUT2D eigenvalue weighted by molar-refractivity contribution is 7.80. The Bertz CT molecular complexity index is 1880. The van der Waals surface area contributed by atoms with Gasteiger partial charge in [0.05, 0.1) is 0 Å². The van der Waals surface area contributed by atoms with Crippen LogP contribution in [0.15, 0.2) is 273 Å². The van der Waals surface area contributed by atoms with Gasteiger partial charge in [0.15, 0.2) is 0 Å². The van der Waals surface area contributed by atoms with E-state index in [4.69, 9.17) is 4.79 Å². The maximum Gasteiger partial charge on any atom is 0.106 e. The molecular formula is C55H47OP3. The fourth-order valence-corrected chi connectivity index (χ4v) is 13.5. The first kappa shape index (κ1) is 42.5. The van der Waals surface area contributed by atoms with Crippen molar-refractivity contribution in [2.24, 2.45) is 0 Å². The second-order valence-corrected chi connectivity index (χ2v) is 19.7. The Morgan fingerprint density at radius 1 is 0.169 bits per heavy atom. The monoisotopic (exact) mass is 816 g/mol. The van der Waals surface area contributed by atoms with E-state index in [1.807, 2.05) is 6.79 Å². The average Bonchev–Trinajstić information content (AvgIpc) is 3.34. The molecule has 0 unspecified atom stereocenters. The zero-order valence-electron chi connectivity index (χ0n) is 32.9. The van der Waals surface area contributed by atoms with E-state index in [0.717, 1.165) is 0 Å². The number of hydrogen-bond acceptors (Lipinski definition) is 1. The van der Waals surface area contributed by atoms with Crippen molar-refractivity contribution in [3.8, 4) is 0 Å². The van der Waals surface area contributed by atoms with E-state index < -0.39 is 23.8 Å². The van der Waals surface area contributed by atoms with Crippen molar-refractivity contribution in [3.63, 3.8) is 0 Å². The first-order valence-corrected chi connectivity index (χ1v) is 23.5. The second-order valence-electron chi connectivity index (χ2n) is 13.0. The van der Waals surface area contributed by atoms with Gasteiger partial charge in [0.25, 0.3) is 0 Å². The van der Waals surface area contributed by atoms with Crippen LogP contribution < -0.4 is 47.7 Å². The Morgan fingerprint density at radius 3 is 0.339 bits per heavy atom. The Hall–Kier alpha value is -6.06. The molecule has 0 aliphatic heterocycles. The zero-order chi connectivity index (χ0) is 40.7. The van der Waals surface area contributed by atoms with E-state index in [0.29, 0.717) is 0 Å². The fourth-order valence-electron chi connectivity index (χ4n) is 6.54. The Morgan fingerprint density at radius 2 is 0.254 bits per heavy atom. The molecule has 59 heavy (non-hydrogen) atoms. The third-order valence-corrected chi connectivity index (χ3v) is 16.5. The summed E-state index contributed by atoms with van der Waals surface area (Å²) in [5.41, 5.74) is 0. The minimum Gasteiger partial charge on any atom is -0.307 e. The molecule has 0 atom stereocenters. The van der Waals surface area contributed by atoms with Gasteiger partial charge in [-0.15, -0.1) is 0 Å². The lowest BCUT2D eigenvalue weighted by atomic mass is 10.4. The Kier molecular flexibility index (Phi) is 17.3. The summed E-state index contributed by atoms with van der Waals surface area (Å²) in [5.74, 6) is 0. The molecule has 0 aliphatic rings. The van der Waals surface area contributed by atoms with Crippen molar-refractivity contribution in [1.82, 2.24) is 0 Å². The molecule has 0 saturated heterocycles. The first-order chi connectivity index (χ1) is 29.3. The van der Waals surface area contributed by atoms with Crippen LogP contribution >= 0.6 is 23.8 Å². The van der Waals surface area contributed by atoms with Gasteiger partial charge in [-0.05, 0) is 71.5 Å². The van der Waals surface area contributed by atoms with Gasteiger partial charge >= 0.3 is 0 Å². The summed E-state index contributed by atoms with van der Waals surface area (Å²) in [5, 5.41) is 12.6. The maximum absolute atomic E-state index is 8.00. The molecule has 0 fully saturated rings. The smallest absolute Gasteiger partial charge is 0.106 e. The molecule has 0 bridgehead atoms. The SMILES string of the molecule is C=O.c1ccc(P(c2ccccc2)c2ccccc2)cc1.c1ccc(P(c2ccccc2)c2ccccc2)cc1.c1ccc(P(c2ccccc2)c2ccccc2)cc1. The van der Waals surface area contributed by atoms with E-state index in [-0.39, 0.29) is 0 Å². The molecule has 0 N–H and O–H groups in total. The topological polar surface area (TPSA) is 17.1 Å². The molecule has 0 aromatic heterocycles. The molecule has 9 aromatic rings. The lowest BCUT2D eigenvalue weighted by Gasteiger charge is -2.18. The summed E-state index contributed by atoms with van der Waals surface area (Å²) in [6, 6.07) is 97.0. The van der Waals surface area contributed by atoms with Gasteiger partial charge in [0, 0.05) is 0 Å². The van der Waals surface area contributed by atoms with Gasteiger partial charge in [-0.1, -0.05) is 273 Å². The van der Waals surface area contributed by atoms with Crippen molar-refractivity contribution in [1.29, 1.82) is 0 Å². The van der Waals surface area contributed by atoms with Gasteiger partial charge in [-0.25, -0.2) is 0 Å². The predicted octanol–water partition coefficient (Wildman–Crippen LogP) is 10.1. The lowest BCUT2D eigenvalue weighted by Crippen LogP contribution is -2.20. The van der Waals surface area contributed by atoms with Crippen LogP contribution in [-0.4, -0.2) is 6.79 Å². The van der Waals surface area contributed by atoms with Crippen LogP contribution in [-0.2, 0) is 4.79 Å². The zero-order valence-corrected chi connectivity index (χ0v) is 35.6. The van der Waals surface area contributed by atoms with E-state index in [9.17, 15) is 0 Å². The number of hydrogen-bond donors (Lipinski definition) is 0. The Balaban J connectivity index is 0.000000146. The summed E-state index contributed by atoms with van der Waals surface area (Å²) in [6.45, 7) is 2.00. The molecule has 288 valence electrons. The van der Waals surface area contributed by atoms with Gasteiger partial charge < -0.3 is 4.79 Å². The number of benzene rings is 9. The fraction of sp³-hybridized carbons (Fsp3) is 0. The Labute approximate surface area is 354 Å². The predicted molar refractivity (Wildman–Crippen MR) is 263 cm³/mol. The van der Waals surface area contributed by atoms with Crippen molar-refractivity contribution in [2.75, 3.05) is 0 Å². The van der Waals surface area contributed by atoms with Gasteiger partial charge in [0.2, 0.25) is 0 Å². The van der Waals surface area contributed by atoms with Gasteiger partial charge in [0.1, 0.15) is 6.79 Å². The van der Waals surface area contributed by atoms with Crippen molar-refractivity contribution in [3.05, 3.63) is 273 Å². The van der Waals surface area contributed by atoms with Gasteiger partial charge in [-0.3, -0.25) is 0 Å². The van der Waals surface area contributed by atoms with Crippen LogP contribution in [0.4, 0.5) is 0 Å². The van der Waals surface area contributed by atoms with Crippen LogP contribution in [0, 0.1) is 0 Å². The summed E-state index contributed by atoms with van der Waals surface area (Å²) in [6.07, 6.45) is 0. The van der Waals surface area contributed by atoms with Crippen LogP contribution in [0.25, 0.3) is 0 Å². The third-order valence-electron chi connectivity index (χ3n) is 9.13. The molecule has 0 heterocycles. The van der Waals surface area contributed by atoms with Crippen molar-refractivity contribution >= 4 is 78.3 Å². The molecule has 0 spiro atoms. The molecule has 0 aliphatic carbocycles. The maximum atomic E-state index is 8.00. The number of carbonyl (C=O) groups excluding carboxylic acids is 1. The van der Waals surface area contributed by atoms with E-state index in [1.54, 1.807) is 0 Å². The highest BCUT2D eigenvalue weighted by Gasteiger charge is 2.17. The normalized spacial score (nSPS) is 10.3. The van der Waals surface area contributed by atoms with Crippen LogP contribution in [0.5, 0.6) is 0 Å². The molecule has 1 nitrogen and oxygen atoms in total. The molecule has 4 heteroatoms. The quantitative estimate of drug-likeness (QED) is 0.133. The van der Waals surface area contributed by atoms with Crippen molar-refractivity contribution < 1.29 is 4.79 Å². The van der Waals surface area contributed by atoms with Gasteiger partial charge in [-0.2, -0.15) is 0 Å².